The second-order valence-corrected chi connectivity index (χ2v) is 6.33. The average molecular weight is 259 g/mol. The third-order valence-corrected chi connectivity index (χ3v) is 3.99. The SMILES string of the molecule is CC(C)S(=O)(=O)NC(=O)c1ccc(S)cc1. The lowest BCUT2D eigenvalue weighted by Crippen LogP contribution is -2.35. The van der Waals surface area contributed by atoms with Crippen molar-refractivity contribution in [2.24, 2.45) is 0 Å². The fourth-order valence-corrected chi connectivity index (χ4v) is 1.68. The highest BCUT2D eigenvalue weighted by Gasteiger charge is 2.19. The van der Waals surface area contributed by atoms with Gasteiger partial charge in [0.15, 0.2) is 0 Å². The highest BCUT2D eigenvalue weighted by atomic mass is 32.2. The van der Waals surface area contributed by atoms with Crippen LogP contribution in [0.15, 0.2) is 29.2 Å². The van der Waals surface area contributed by atoms with Gasteiger partial charge in [0.25, 0.3) is 5.91 Å². The predicted molar refractivity (Wildman–Crippen MR) is 65.2 cm³/mol. The van der Waals surface area contributed by atoms with Crippen molar-refractivity contribution in [2.75, 3.05) is 0 Å². The van der Waals surface area contributed by atoms with Crippen LogP contribution in [-0.4, -0.2) is 19.6 Å². The topological polar surface area (TPSA) is 63.2 Å². The maximum Gasteiger partial charge on any atom is 0.264 e. The first kappa shape index (κ1) is 13.1. The van der Waals surface area contributed by atoms with E-state index in [0.717, 1.165) is 0 Å². The van der Waals surface area contributed by atoms with Gasteiger partial charge in [0.05, 0.1) is 5.25 Å². The Morgan fingerprint density at radius 1 is 1.25 bits per heavy atom. The molecule has 1 aromatic rings. The van der Waals surface area contributed by atoms with Crippen LogP contribution < -0.4 is 4.72 Å². The van der Waals surface area contributed by atoms with E-state index < -0.39 is 21.2 Å². The molecule has 0 saturated heterocycles. The van der Waals surface area contributed by atoms with Gasteiger partial charge in [-0.3, -0.25) is 4.79 Å². The quantitative estimate of drug-likeness (QED) is 0.807. The van der Waals surface area contributed by atoms with Crippen molar-refractivity contribution >= 4 is 28.6 Å². The van der Waals surface area contributed by atoms with E-state index in [1.54, 1.807) is 12.1 Å². The summed E-state index contributed by atoms with van der Waals surface area (Å²) in [6.07, 6.45) is 0. The van der Waals surface area contributed by atoms with Gasteiger partial charge in [0.1, 0.15) is 0 Å². The Labute approximate surface area is 101 Å². The van der Waals surface area contributed by atoms with Gasteiger partial charge >= 0.3 is 0 Å². The summed E-state index contributed by atoms with van der Waals surface area (Å²) in [5.41, 5.74) is 0.294. The Morgan fingerprint density at radius 3 is 2.19 bits per heavy atom. The van der Waals surface area contributed by atoms with Crippen LogP contribution in [0.2, 0.25) is 0 Å². The first-order valence-electron chi connectivity index (χ1n) is 4.68. The molecular weight excluding hydrogens is 246 g/mol. The van der Waals surface area contributed by atoms with Crippen molar-refractivity contribution in [2.45, 2.75) is 24.0 Å². The fourth-order valence-electron chi connectivity index (χ4n) is 0.919. The molecule has 0 spiro atoms. The summed E-state index contributed by atoms with van der Waals surface area (Å²) in [6.45, 7) is 3.01. The molecule has 0 aliphatic rings. The lowest BCUT2D eigenvalue weighted by Gasteiger charge is -2.09. The molecule has 0 heterocycles. The Hall–Kier alpha value is -1.01. The fraction of sp³-hybridized carbons (Fsp3) is 0.300. The number of carbonyl (C=O) groups excluding carboxylic acids is 1. The van der Waals surface area contributed by atoms with Crippen LogP contribution in [0.3, 0.4) is 0 Å². The van der Waals surface area contributed by atoms with Crippen molar-refractivity contribution in [1.29, 1.82) is 0 Å². The molecule has 0 unspecified atom stereocenters. The molecule has 1 N–H and O–H groups in total. The van der Waals surface area contributed by atoms with Crippen molar-refractivity contribution in [1.82, 2.24) is 4.72 Å². The van der Waals surface area contributed by atoms with Crippen LogP contribution in [0.1, 0.15) is 24.2 Å². The highest BCUT2D eigenvalue weighted by Crippen LogP contribution is 2.08. The van der Waals surface area contributed by atoms with Crippen molar-refractivity contribution < 1.29 is 13.2 Å². The molecule has 0 saturated carbocycles. The zero-order valence-electron chi connectivity index (χ0n) is 8.97. The Morgan fingerprint density at radius 2 is 1.75 bits per heavy atom. The normalized spacial score (nSPS) is 11.5. The lowest BCUT2D eigenvalue weighted by molar-refractivity contribution is 0.0981. The Bertz CT molecular complexity index is 477. The third-order valence-electron chi connectivity index (χ3n) is 1.99. The number of sulfonamides is 1. The van der Waals surface area contributed by atoms with E-state index in [1.165, 1.54) is 26.0 Å². The molecule has 1 amide bonds. The zero-order valence-corrected chi connectivity index (χ0v) is 10.7. The van der Waals surface area contributed by atoms with E-state index >= 15 is 0 Å². The van der Waals surface area contributed by atoms with E-state index in [-0.39, 0.29) is 0 Å². The molecular formula is C10H13NO3S2. The van der Waals surface area contributed by atoms with Gasteiger partial charge in [0.2, 0.25) is 10.0 Å². The summed E-state index contributed by atoms with van der Waals surface area (Å²) in [6, 6.07) is 6.29. The molecule has 1 aromatic carbocycles. The largest absolute Gasteiger partial charge is 0.268 e. The lowest BCUT2D eigenvalue weighted by atomic mass is 10.2. The summed E-state index contributed by atoms with van der Waals surface area (Å²) in [4.78, 5) is 12.3. The number of carbonyl (C=O) groups is 1. The van der Waals surface area contributed by atoms with E-state index in [0.29, 0.717) is 10.5 Å². The van der Waals surface area contributed by atoms with Crippen LogP contribution in [-0.2, 0) is 10.0 Å². The molecule has 0 aromatic heterocycles. The molecule has 4 nitrogen and oxygen atoms in total. The number of nitrogens with one attached hydrogen (secondary N) is 1. The summed E-state index contributed by atoms with van der Waals surface area (Å²) < 4.78 is 24.9. The monoisotopic (exact) mass is 259 g/mol. The minimum atomic E-state index is -3.57. The van der Waals surface area contributed by atoms with E-state index in [9.17, 15) is 13.2 Å². The van der Waals surface area contributed by atoms with Crippen LogP contribution in [0.4, 0.5) is 0 Å². The van der Waals surface area contributed by atoms with Gasteiger partial charge in [-0.15, -0.1) is 12.6 Å². The molecule has 6 heteroatoms. The first-order chi connectivity index (χ1) is 7.33. The molecule has 0 aliphatic carbocycles. The minimum absolute atomic E-state index is 0.294. The van der Waals surface area contributed by atoms with Gasteiger partial charge in [0, 0.05) is 10.5 Å². The van der Waals surface area contributed by atoms with Gasteiger partial charge in [-0.2, -0.15) is 0 Å². The number of hydrogen-bond acceptors (Lipinski definition) is 4. The zero-order chi connectivity index (χ0) is 12.3. The van der Waals surface area contributed by atoms with E-state index in [2.05, 4.69) is 12.6 Å². The van der Waals surface area contributed by atoms with Crippen molar-refractivity contribution in [3.05, 3.63) is 29.8 Å². The number of amides is 1. The van der Waals surface area contributed by atoms with Crippen molar-refractivity contribution in [3.63, 3.8) is 0 Å². The summed E-state index contributed by atoms with van der Waals surface area (Å²) in [7, 11) is -3.57. The minimum Gasteiger partial charge on any atom is -0.268 e. The first-order valence-corrected chi connectivity index (χ1v) is 6.67. The maximum absolute atomic E-state index is 11.6. The second-order valence-electron chi connectivity index (χ2n) is 3.57. The summed E-state index contributed by atoms with van der Waals surface area (Å²) in [5, 5.41) is -0.638. The molecule has 0 aliphatic heterocycles. The predicted octanol–water partition coefficient (Wildman–Crippen LogP) is 1.44. The third kappa shape index (κ3) is 3.24. The Balaban J connectivity index is 2.85. The second kappa shape index (κ2) is 4.88. The molecule has 0 fully saturated rings. The molecule has 88 valence electrons. The number of thiol groups is 1. The molecule has 1 rings (SSSR count). The molecule has 0 atom stereocenters. The Kier molecular flexibility index (Phi) is 3.98. The maximum atomic E-state index is 11.6. The van der Waals surface area contributed by atoms with Gasteiger partial charge in [-0.05, 0) is 38.1 Å². The average Bonchev–Trinajstić information content (AvgIpc) is 2.17. The smallest absolute Gasteiger partial charge is 0.264 e. The van der Waals surface area contributed by atoms with Crippen LogP contribution in [0, 0.1) is 0 Å². The van der Waals surface area contributed by atoms with E-state index in [4.69, 9.17) is 0 Å². The van der Waals surface area contributed by atoms with Crippen LogP contribution >= 0.6 is 12.6 Å². The highest BCUT2D eigenvalue weighted by molar-refractivity contribution is 7.90. The molecule has 16 heavy (non-hydrogen) atoms. The van der Waals surface area contributed by atoms with Gasteiger partial charge < -0.3 is 0 Å². The number of hydrogen-bond donors (Lipinski definition) is 2. The van der Waals surface area contributed by atoms with Crippen molar-refractivity contribution in [3.8, 4) is 0 Å². The number of rotatable bonds is 3. The summed E-state index contributed by atoms with van der Waals surface area (Å²) in [5.74, 6) is -0.623. The van der Waals surface area contributed by atoms with Gasteiger partial charge in [-0.25, -0.2) is 13.1 Å². The standard InChI is InChI=1S/C10H13NO3S2/c1-7(2)16(13,14)11-10(12)8-3-5-9(15)6-4-8/h3-7,15H,1-2H3,(H,11,12). The summed E-state index contributed by atoms with van der Waals surface area (Å²) >= 11 is 4.07. The number of benzene rings is 1. The molecule has 0 radical (unpaired) electrons. The van der Waals surface area contributed by atoms with E-state index in [1.807, 2.05) is 4.72 Å². The van der Waals surface area contributed by atoms with Crippen LogP contribution in [0.5, 0.6) is 0 Å². The van der Waals surface area contributed by atoms with Crippen LogP contribution in [0.25, 0.3) is 0 Å². The van der Waals surface area contributed by atoms with Gasteiger partial charge in [-0.1, -0.05) is 0 Å². The molecule has 0 bridgehead atoms.